The lowest BCUT2D eigenvalue weighted by atomic mass is 10.2. The van der Waals surface area contributed by atoms with Gasteiger partial charge >= 0.3 is 6.03 Å². The van der Waals surface area contributed by atoms with Crippen molar-refractivity contribution in [1.29, 1.82) is 0 Å². The Bertz CT molecular complexity index is 490. The molecule has 0 aliphatic heterocycles. The van der Waals surface area contributed by atoms with Gasteiger partial charge in [-0.25, -0.2) is 9.78 Å². The lowest BCUT2D eigenvalue weighted by molar-refractivity contribution is 0.244. The van der Waals surface area contributed by atoms with Crippen molar-refractivity contribution in [2.75, 3.05) is 0 Å². The smallest absolute Gasteiger partial charge is 0.312 e. The third kappa shape index (κ3) is 2.74. The molecule has 0 bridgehead atoms. The number of primary amides is 1. The van der Waals surface area contributed by atoms with Crippen LogP contribution in [0.5, 0.6) is 0 Å². The van der Waals surface area contributed by atoms with E-state index in [0.29, 0.717) is 0 Å². The van der Waals surface area contributed by atoms with Gasteiger partial charge in [0, 0.05) is 0 Å². The Balaban J connectivity index is 2.31. The summed E-state index contributed by atoms with van der Waals surface area (Å²) >= 11 is 1.61. The van der Waals surface area contributed by atoms with Gasteiger partial charge in [-0.05, 0) is 18.6 Å². The first kappa shape index (κ1) is 11.9. The molecule has 1 aromatic carbocycles. The molecule has 0 aliphatic rings. The summed E-state index contributed by atoms with van der Waals surface area (Å²) in [5.74, 6) is 0. The number of nitrogens with two attached hydrogens (primary N) is 1. The molecule has 1 aromatic heterocycles. The zero-order valence-electron chi connectivity index (χ0n) is 9.64. The standard InChI is InChI=1S/C12H15N3OS/c1-2-5-9(15-12(13)16)11-14-8-6-3-4-7-10(8)17-11/h3-4,6-7,9H,2,5H2,1H3,(H3,13,15,16). The fourth-order valence-electron chi connectivity index (χ4n) is 1.76. The lowest BCUT2D eigenvalue weighted by Gasteiger charge is -2.13. The maximum absolute atomic E-state index is 11.0. The van der Waals surface area contributed by atoms with Gasteiger partial charge < -0.3 is 11.1 Å². The minimum atomic E-state index is -0.497. The molecular weight excluding hydrogens is 234 g/mol. The molecule has 0 spiro atoms. The number of rotatable bonds is 4. The van der Waals surface area contributed by atoms with E-state index in [-0.39, 0.29) is 6.04 Å². The molecule has 2 aromatic rings. The first-order valence-corrected chi connectivity index (χ1v) is 6.43. The number of para-hydroxylation sites is 1. The highest BCUT2D eigenvalue weighted by Crippen LogP contribution is 2.28. The number of carbonyl (C=O) groups is 1. The molecule has 3 N–H and O–H groups in total. The highest BCUT2D eigenvalue weighted by molar-refractivity contribution is 7.18. The maximum Gasteiger partial charge on any atom is 0.312 e. The van der Waals surface area contributed by atoms with Crippen LogP contribution >= 0.6 is 11.3 Å². The summed E-state index contributed by atoms with van der Waals surface area (Å²) in [6.07, 6.45) is 1.82. The molecule has 1 atom stereocenters. The molecule has 0 saturated heterocycles. The van der Waals surface area contributed by atoms with E-state index < -0.39 is 6.03 Å². The minimum absolute atomic E-state index is 0.0742. The van der Waals surface area contributed by atoms with Crippen molar-refractivity contribution in [3.05, 3.63) is 29.3 Å². The summed E-state index contributed by atoms with van der Waals surface area (Å²) in [6, 6.07) is 7.38. The molecule has 90 valence electrons. The number of aromatic nitrogens is 1. The summed E-state index contributed by atoms with van der Waals surface area (Å²) in [5.41, 5.74) is 6.15. The lowest BCUT2D eigenvalue weighted by Crippen LogP contribution is -2.33. The SMILES string of the molecule is CCCC(NC(N)=O)c1nc2ccccc2s1. The fourth-order valence-corrected chi connectivity index (χ4v) is 2.81. The summed E-state index contributed by atoms with van der Waals surface area (Å²) in [7, 11) is 0. The van der Waals surface area contributed by atoms with Crippen LogP contribution < -0.4 is 11.1 Å². The van der Waals surface area contributed by atoms with E-state index in [1.807, 2.05) is 24.3 Å². The van der Waals surface area contributed by atoms with Crippen molar-refractivity contribution >= 4 is 27.6 Å². The number of amides is 2. The van der Waals surface area contributed by atoms with Crippen LogP contribution in [-0.4, -0.2) is 11.0 Å². The van der Waals surface area contributed by atoms with E-state index in [0.717, 1.165) is 28.1 Å². The monoisotopic (exact) mass is 249 g/mol. The van der Waals surface area contributed by atoms with Crippen LogP contribution in [-0.2, 0) is 0 Å². The van der Waals surface area contributed by atoms with Gasteiger partial charge in [0.2, 0.25) is 0 Å². The minimum Gasteiger partial charge on any atom is -0.352 e. The summed E-state index contributed by atoms with van der Waals surface area (Å²) < 4.78 is 1.13. The molecule has 5 heteroatoms. The van der Waals surface area contributed by atoms with E-state index in [4.69, 9.17) is 5.73 Å². The van der Waals surface area contributed by atoms with Gasteiger partial charge in [-0.15, -0.1) is 11.3 Å². The highest BCUT2D eigenvalue weighted by Gasteiger charge is 2.16. The molecule has 1 unspecified atom stereocenters. The molecule has 1 heterocycles. The predicted octanol–water partition coefficient (Wildman–Crippen LogP) is 2.81. The van der Waals surface area contributed by atoms with Gasteiger partial charge in [0.15, 0.2) is 0 Å². The molecule has 17 heavy (non-hydrogen) atoms. The highest BCUT2D eigenvalue weighted by atomic mass is 32.1. The number of urea groups is 1. The van der Waals surface area contributed by atoms with Crippen LogP contribution in [0.25, 0.3) is 10.2 Å². The first-order valence-electron chi connectivity index (χ1n) is 5.62. The van der Waals surface area contributed by atoms with E-state index in [2.05, 4.69) is 17.2 Å². The van der Waals surface area contributed by atoms with Crippen molar-refractivity contribution in [2.24, 2.45) is 5.73 Å². The van der Waals surface area contributed by atoms with E-state index in [1.54, 1.807) is 11.3 Å². The number of hydrogen-bond acceptors (Lipinski definition) is 3. The second-order valence-electron chi connectivity index (χ2n) is 3.87. The van der Waals surface area contributed by atoms with E-state index in [1.165, 1.54) is 0 Å². The van der Waals surface area contributed by atoms with Crippen LogP contribution in [0, 0.1) is 0 Å². The van der Waals surface area contributed by atoms with Crippen molar-refractivity contribution in [1.82, 2.24) is 10.3 Å². The van der Waals surface area contributed by atoms with Gasteiger partial charge in [-0.1, -0.05) is 25.5 Å². The number of hydrogen-bond donors (Lipinski definition) is 2. The second-order valence-corrected chi connectivity index (χ2v) is 4.93. The Morgan fingerprint density at radius 1 is 1.53 bits per heavy atom. The van der Waals surface area contributed by atoms with Crippen LogP contribution in [0.4, 0.5) is 4.79 Å². The summed E-state index contributed by atoms with van der Waals surface area (Å²) in [4.78, 5) is 15.5. The number of thiazole rings is 1. The van der Waals surface area contributed by atoms with Crippen molar-refractivity contribution in [3.63, 3.8) is 0 Å². The van der Waals surface area contributed by atoms with E-state index >= 15 is 0 Å². The molecule has 2 amide bonds. The Labute approximate surface area is 104 Å². The van der Waals surface area contributed by atoms with Gasteiger partial charge in [0.25, 0.3) is 0 Å². The average molecular weight is 249 g/mol. The van der Waals surface area contributed by atoms with Gasteiger partial charge in [-0.3, -0.25) is 0 Å². The first-order chi connectivity index (χ1) is 8.20. The Hall–Kier alpha value is -1.62. The molecular formula is C12H15N3OS. The van der Waals surface area contributed by atoms with Gasteiger partial charge in [0.05, 0.1) is 16.3 Å². The van der Waals surface area contributed by atoms with Gasteiger partial charge in [0.1, 0.15) is 5.01 Å². The normalized spacial score (nSPS) is 12.5. The Morgan fingerprint density at radius 2 is 2.29 bits per heavy atom. The number of carbonyl (C=O) groups excluding carboxylic acids is 1. The third-order valence-corrected chi connectivity index (χ3v) is 3.65. The van der Waals surface area contributed by atoms with Crippen LogP contribution in [0.2, 0.25) is 0 Å². The van der Waals surface area contributed by atoms with Gasteiger partial charge in [-0.2, -0.15) is 0 Å². The van der Waals surface area contributed by atoms with Crippen LogP contribution in [0.1, 0.15) is 30.8 Å². The molecule has 4 nitrogen and oxygen atoms in total. The fraction of sp³-hybridized carbons (Fsp3) is 0.333. The molecule has 0 fully saturated rings. The van der Waals surface area contributed by atoms with Crippen LogP contribution in [0.15, 0.2) is 24.3 Å². The quantitative estimate of drug-likeness (QED) is 0.874. The third-order valence-electron chi connectivity index (χ3n) is 2.50. The number of benzene rings is 1. The molecule has 0 aliphatic carbocycles. The Morgan fingerprint density at radius 3 is 2.94 bits per heavy atom. The number of fused-ring (bicyclic) bond motifs is 1. The summed E-state index contributed by atoms with van der Waals surface area (Å²) in [6.45, 7) is 2.07. The predicted molar refractivity (Wildman–Crippen MR) is 70.0 cm³/mol. The second kappa shape index (κ2) is 5.14. The van der Waals surface area contributed by atoms with Crippen LogP contribution in [0.3, 0.4) is 0 Å². The zero-order valence-corrected chi connectivity index (χ0v) is 10.5. The number of nitrogens with one attached hydrogen (secondary N) is 1. The van der Waals surface area contributed by atoms with Crippen molar-refractivity contribution in [2.45, 2.75) is 25.8 Å². The molecule has 0 radical (unpaired) electrons. The average Bonchev–Trinajstić information content (AvgIpc) is 2.71. The Kier molecular flexibility index (Phi) is 3.58. The zero-order chi connectivity index (χ0) is 12.3. The number of nitrogens with zero attached hydrogens (tertiary/aromatic N) is 1. The van der Waals surface area contributed by atoms with Crippen molar-refractivity contribution < 1.29 is 4.79 Å². The molecule has 0 saturated carbocycles. The summed E-state index contributed by atoms with van der Waals surface area (Å²) in [5, 5.41) is 3.67. The molecule has 2 rings (SSSR count). The maximum atomic E-state index is 11.0. The largest absolute Gasteiger partial charge is 0.352 e. The van der Waals surface area contributed by atoms with Crippen molar-refractivity contribution in [3.8, 4) is 0 Å². The van der Waals surface area contributed by atoms with E-state index in [9.17, 15) is 4.79 Å². The topological polar surface area (TPSA) is 68.0 Å².